The number of benzene rings is 5. The number of hydrogen-bond donors (Lipinski definition) is 1. The van der Waals surface area contributed by atoms with Crippen molar-refractivity contribution in [2.24, 2.45) is 5.92 Å². The first kappa shape index (κ1) is 25.9. The van der Waals surface area contributed by atoms with Crippen molar-refractivity contribution in [2.75, 3.05) is 10.2 Å². The van der Waals surface area contributed by atoms with Crippen LogP contribution in [0.25, 0.3) is 33.7 Å². The van der Waals surface area contributed by atoms with Crippen LogP contribution in [-0.4, -0.2) is 10.5 Å². The minimum atomic E-state index is -0.122. The van der Waals surface area contributed by atoms with Gasteiger partial charge in [0.05, 0.1) is 5.54 Å². The van der Waals surface area contributed by atoms with Crippen LogP contribution in [-0.2, 0) is 11.8 Å². The summed E-state index contributed by atoms with van der Waals surface area (Å²) in [6.07, 6.45) is 11.2. The first-order valence-corrected chi connectivity index (χ1v) is 16.3. The van der Waals surface area contributed by atoms with E-state index in [0.717, 1.165) is 40.9 Å². The molecule has 1 fully saturated rings. The number of hydrogen-bond acceptors (Lipinski definition) is 4. The average Bonchev–Trinajstić information content (AvgIpc) is 3.69. The van der Waals surface area contributed by atoms with Gasteiger partial charge >= 0.3 is 0 Å². The van der Waals surface area contributed by atoms with E-state index in [1.54, 1.807) is 0 Å². The lowest BCUT2D eigenvalue weighted by molar-refractivity contribution is 0.608. The smallest absolute Gasteiger partial charge is 0.227 e. The molecule has 5 aromatic carbocycles. The molecule has 1 saturated carbocycles. The minimum absolute atomic E-state index is 0.0271. The maximum Gasteiger partial charge on any atom is 0.227 e. The van der Waals surface area contributed by atoms with E-state index in [-0.39, 0.29) is 11.0 Å². The molecule has 1 aromatic heterocycles. The molecular weight excluding hydrogens is 562 g/mol. The van der Waals surface area contributed by atoms with Crippen LogP contribution in [0.5, 0.6) is 0 Å². The fourth-order valence-electron chi connectivity index (χ4n) is 8.18. The summed E-state index contributed by atoms with van der Waals surface area (Å²) in [6, 6.07) is 37.4. The molecule has 0 radical (unpaired) electrons. The molecule has 4 heteroatoms. The summed E-state index contributed by atoms with van der Waals surface area (Å²) in [5.41, 5.74) is 15.3. The molecule has 3 heterocycles. The van der Waals surface area contributed by atoms with Gasteiger partial charge in [-0.05, 0) is 94.4 Å². The summed E-state index contributed by atoms with van der Waals surface area (Å²) in [5, 5.41) is 3.68. The molecule has 6 aromatic rings. The largest absolute Gasteiger partial charge is 0.436 e. The number of rotatable bonds is 3. The van der Waals surface area contributed by atoms with Crippen LogP contribution in [0.2, 0.25) is 0 Å². The van der Waals surface area contributed by atoms with Gasteiger partial charge in [0.15, 0.2) is 5.58 Å². The standard InChI is InChI=1S/C42H33N3O/c1-41(2)32-13-6-7-14-37(32)45(42-19-9-8-12-31(42)25-42)38-18-16-28(22-33(38)41)27-15-17-34-29(20-27)21-30-23-39-36(24-35(30)43-34)44-40(46-39)26-10-4-3-5-11-26/h3-20,22-24,31,43H,21,25H2,1-2H3. The molecule has 222 valence electrons. The van der Waals surface area contributed by atoms with Crippen molar-refractivity contribution in [1.82, 2.24) is 4.98 Å². The molecule has 0 saturated heterocycles. The van der Waals surface area contributed by atoms with Gasteiger partial charge in [-0.2, -0.15) is 0 Å². The number of fused-ring (bicyclic) bond motifs is 6. The van der Waals surface area contributed by atoms with Crippen molar-refractivity contribution in [3.63, 3.8) is 0 Å². The SMILES string of the molecule is CC1(C)c2ccccc2N(C23C=CC=CC2C3)c2ccc(-c3ccc4c(c3)Cc3cc5oc(-c6ccccc6)nc5cc3N4)cc21. The van der Waals surface area contributed by atoms with Crippen molar-refractivity contribution in [2.45, 2.75) is 37.6 Å². The molecule has 2 aliphatic heterocycles. The zero-order valence-corrected chi connectivity index (χ0v) is 25.9. The second kappa shape index (κ2) is 9.11. The van der Waals surface area contributed by atoms with Gasteiger partial charge in [-0.15, -0.1) is 0 Å². The predicted molar refractivity (Wildman–Crippen MR) is 187 cm³/mol. The number of aromatic nitrogens is 1. The maximum atomic E-state index is 6.21. The highest BCUT2D eigenvalue weighted by molar-refractivity contribution is 5.87. The highest BCUT2D eigenvalue weighted by atomic mass is 16.3. The zero-order chi connectivity index (χ0) is 30.6. The lowest BCUT2D eigenvalue weighted by Gasteiger charge is -2.46. The van der Waals surface area contributed by atoms with Gasteiger partial charge in [0.2, 0.25) is 5.89 Å². The van der Waals surface area contributed by atoms with Gasteiger partial charge < -0.3 is 14.6 Å². The molecule has 2 atom stereocenters. The molecule has 0 spiro atoms. The molecule has 4 aliphatic rings. The molecular formula is C42H33N3O. The highest BCUT2D eigenvalue weighted by Gasteiger charge is 2.58. The first-order valence-electron chi connectivity index (χ1n) is 16.3. The fraction of sp³-hybridized carbons (Fsp3) is 0.167. The molecule has 2 aliphatic carbocycles. The van der Waals surface area contributed by atoms with Gasteiger partial charge in [-0.3, -0.25) is 0 Å². The maximum absolute atomic E-state index is 6.21. The second-order valence-electron chi connectivity index (χ2n) is 13.8. The monoisotopic (exact) mass is 595 g/mol. The highest BCUT2D eigenvalue weighted by Crippen LogP contribution is 2.61. The number of nitrogens with one attached hydrogen (secondary N) is 1. The van der Waals surface area contributed by atoms with Crippen LogP contribution in [0.15, 0.2) is 132 Å². The molecule has 1 N–H and O–H groups in total. The topological polar surface area (TPSA) is 41.3 Å². The van der Waals surface area contributed by atoms with Crippen LogP contribution in [0.4, 0.5) is 22.7 Å². The quantitative estimate of drug-likeness (QED) is 0.221. The Balaban J connectivity index is 1.03. The molecule has 4 nitrogen and oxygen atoms in total. The third-order valence-electron chi connectivity index (χ3n) is 10.7. The molecule has 10 rings (SSSR count). The van der Waals surface area contributed by atoms with E-state index in [1.807, 2.05) is 30.3 Å². The number of allylic oxidation sites excluding steroid dienone is 2. The van der Waals surface area contributed by atoms with Crippen molar-refractivity contribution in [3.05, 3.63) is 150 Å². The van der Waals surface area contributed by atoms with Crippen LogP contribution in [0.3, 0.4) is 0 Å². The Morgan fingerprint density at radius 1 is 0.739 bits per heavy atom. The summed E-state index contributed by atoms with van der Waals surface area (Å²) < 4.78 is 6.21. The molecule has 0 amide bonds. The number of nitrogens with zero attached hydrogens (tertiary/aromatic N) is 2. The zero-order valence-electron chi connectivity index (χ0n) is 25.9. The Hall–Kier alpha value is -5.35. The Kier molecular flexibility index (Phi) is 5.13. The Morgan fingerprint density at radius 3 is 2.41 bits per heavy atom. The number of anilines is 4. The fourth-order valence-corrected chi connectivity index (χ4v) is 8.18. The van der Waals surface area contributed by atoms with Gasteiger partial charge in [-0.1, -0.05) is 86.7 Å². The Morgan fingerprint density at radius 2 is 1.52 bits per heavy atom. The van der Waals surface area contributed by atoms with Crippen LogP contribution in [0, 0.1) is 5.92 Å². The summed E-state index contributed by atoms with van der Waals surface area (Å²) in [4.78, 5) is 7.42. The lowest BCUT2D eigenvalue weighted by Crippen LogP contribution is -2.41. The van der Waals surface area contributed by atoms with E-state index in [0.29, 0.717) is 11.8 Å². The predicted octanol–water partition coefficient (Wildman–Crippen LogP) is 10.5. The van der Waals surface area contributed by atoms with E-state index in [1.165, 1.54) is 44.8 Å². The van der Waals surface area contributed by atoms with Gasteiger partial charge in [0.1, 0.15) is 5.52 Å². The average molecular weight is 596 g/mol. The third-order valence-corrected chi connectivity index (χ3v) is 10.7. The van der Waals surface area contributed by atoms with E-state index < -0.39 is 0 Å². The van der Waals surface area contributed by atoms with Crippen LogP contribution >= 0.6 is 0 Å². The Labute approximate surface area is 268 Å². The van der Waals surface area contributed by atoms with E-state index in [4.69, 9.17) is 9.40 Å². The molecule has 46 heavy (non-hydrogen) atoms. The number of para-hydroxylation sites is 1. The van der Waals surface area contributed by atoms with Crippen molar-refractivity contribution < 1.29 is 4.42 Å². The van der Waals surface area contributed by atoms with Gasteiger partial charge in [-0.25, -0.2) is 4.98 Å². The van der Waals surface area contributed by atoms with E-state index in [2.05, 4.69) is 121 Å². The van der Waals surface area contributed by atoms with Crippen LogP contribution < -0.4 is 10.2 Å². The van der Waals surface area contributed by atoms with Crippen LogP contribution in [0.1, 0.15) is 42.5 Å². The summed E-state index contributed by atoms with van der Waals surface area (Å²) in [5.74, 6) is 1.21. The van der Waals surface area contributed by atoms with Gasteiger partial charge in [0.25, 0.3) is 0 Å². The normalized spacial score (nSPS) is 21.1. The second-order valence-corrected chi connectivity index (χ2v) is 13.8. The summed E-state index contributed by atoms with van der Waals surface area (Å²) in [7, 11) is 0. The minimum Gasteiger partial charge on any atom is -0.436 e. The third kappa shape index (κ3) is 3.64. The van der Waals surface area contributed by atoms with Gasteiger partial charge in [0, 0.05) is 46.1 Å². The van der Waals surface area contributed by atoms with E-state index >= 15 is 0 Å². The van der Waals surface area contributed by atoms with Crippen molar-refractivity contribution in [3.8, 4) is 22.6 Å². The Bertz CT molecular complexity index is 2290. The van der Waals surface area contributed by atoms with Crippen molar-refractivity contribution in [1.29, 1.82) is 0 Å². The number of oxazole rings is 1. The van der Waals surface area contributed by atoms with Crippen molar-refractivity contribution >= 4 is 33.8 Å². The first-order chi connectivity index (χ1) is 22.5. The summed E-state index contributed by atoms with van der Waals surface area (Å²) in [6.45, 7) is 4.76. The van der Waals surface area contributed by atoms with E-state index in [9.17, 15) is 0 Å². The lowest BCUT2D eigenvalue weighted by atomic mass is 9.72. The molecule has 2 unspecified atom stereocenters. The summed E-state index contributed by atoms with van der Waals surface area (Å²) >= 11 is 0. The molecule has 0 bridgehead atoms.